The molecule has 0 aliphatic carbocycles. The van der Waals surface area contributed by atoms with Crippen LogP contribution in [-0.2, 0) is 9.59 Å². The second-order valence-electron chi connectivity index (χ2n) is 4.69. The molecule has 0 aliphatic heterocycles. The van der Waals surface area contributed by atoms with E-state index in [1.54, 1.807) is 18.2 Å². The molecular weight excluding hydrogens is 262 g/mol. The topological polar surface area (TPSA) is 94.9 Å². The van der Waals surface area contributed by atoms with E-state index < -0.39 is 30.3 Å². The van der Waals surface area contributed by atoms with E-state index in [0.717, 1.165) is 10.5 Å². The van der Waals surface area contributed by atoms with Gasteiger partial charge in [0.2, 0.25) is 0 Å². The highest BCUT2D eigenvalue weighted by molar-refractivity contribution is 5.96. The molecule has 6 heteroatoms. The van der Waals surface area contributed by atoms with Gasteiger partial charge < -0.3 is 15.1 Å². The van der Waals surface area contributed by atoms with Crippen LogP contribution in [0.5, 0.6) is 0 Å². The Balaban J connectivity index is 2.95. The van der Waals surface area contributed by atoms with Crippen molar-refractivity contribution in [1.29, 1.82) is 0 Å². The molecule has 0 heterocycles. The van der Waals surface area contributed by atoms with Gasteiger partial charge in [0.1, 0.15) is 6.54 Å². The highest BCUT2D eigenvalue weighted by atomic mass is 16.4. The first-order valence-electron chi connectivity index (χ1n) is 6.11. The van der Waals surface area contributed by atoms with Crippen LogP contribution in [-0.4, -0.2) is 46.0 Å². The zero-order valence-corrected chi connectivity index (χ0v) is 11.4. The number of carbonyl (C=O) groups excluding carboxylic acids is 1. The van der Waals surface area contributed by atoms with Crippen LogP contribution < -0.4 is 0 Å². The zero-order valence-electron chi connectivity index (χ0n) is 11.4. The molecule has 1 amide bonds. The van der Waals surface area contributed by atoms with Crippen LogP contribution in [0.15, 0.2) is 24.3 Å². The van der Waals surface area contributed by atoms with Crippen LogP contribution in [0.25, 0.3) is 0 Å². The Kier molecular flexibility index (Phi) is 5.25. The predicted octanol–water partition coefficient (Wildman–Crippen LogP) is 1.24. The Morgan fingerprint density at radius 2 is 1.90 bits per heavy atom. The Morgan fingerprint density at radius 1 is 1.25 bits per heavy atom. The number of aliphatic carboxylic acids is 2. The van der Waals surface area contributed by atoms with Crippen molar-refractivity contribution in [3.05, 3.63) is 35.4 Å². The summed E-state index contributed by atoms with van der Waals surface area (Å²) in [5.41, 5.74) is 1.22. The zero-order chi connectivity index (χ0) is 15.3. The molecule has 0 aliphatic rings. The molecule has 1 aromatic rings. The summed E-state index contributed by atoms with van der Waals surface area (Å²) in [6.07, 6.45) is 0. The van der Waals surface area contributed by atoms with Gasteiger partial charge in [-0.3, -0.25) is 14.4 Å². The van der Waals surface area contributed by atoms with Crippen LogP contribution in [0.1, 0.15) is 22.8 Å². The van der Waals surface area contributed by atoms with Crippen molar-refractivity contribution in [1.82, 2.24) is 4.90 Å². The number of carboxylic acid groups (broad SMARTS) is 2. The smallest absolute Gasteiger partial charge is 0.323 e. The van der Waals surface area contributed by atoms with E-state index in [1.165, 1.54) is 6.92 Å². The average Bonchev–Trinajstić information content (AvgIpc) is 2.36. The van der Waals surface area contributed by atoms with E-state index in [0.29, 0.717) is 5.56 Å². The number of benzene rings is 1. The van der Waals surface area contributed by atoms with Gasteiger partial charge in [-0.15, -0.1) is 0 Å². The lowest BCUT2D eigenvalue weighted by atomic mass is 10.1. The molecular formula is C14H17NO5. The second-order valence-corrected chi connectivity index (χ2v) is 4.69. The van der Waals surface area contributed by atoms with Crippen LogP contribution in [0.3, 0.4) is 0 Å². The SMILES string of the molecule is Cc1cccc(C(=O)N(CC(=O)O)CC(C)C(=O)O)c1. The van der Waals surface area contributed by atoms with E-state index in [2.05, 4.69) is 0 Å². The van der Waals surface area contributed by atoms with Crippen molar-refractivity contribution in [3.8, 4) is 0 Å². The lowest BCUT2D eigenvalue weighted by Gasteiger charge is -2.22. The Bertz CT molecular complexity index is 526. The summed E-state index contributed by atoms with van der Waals surface area (Å²) in [7, 11) is 0. The maximum atomic E-state index is 12.3. The third-order valence-electron chi connectivity index (χ3n) is 2.79. The quantitative estimate of drug-likeness (QED) is 0.817. The van der Waals surface area contributed by atoms with Crippen LogP contribution in [0.4, 0.5) is 0 Å². The molecule has 20 heavy (non-hydrogen) atoms. The van der Waals surface area contributed by atoms with Gasteiger partial charge in [-0.25, -0.2) is 0 Å². The number of carboxylic acids is 2. The molecule has 0 fully saturated rings. The number of nitrogens with zero attached hydrogens (tertiary/aromatic N) is 1. The molecule has 1 atom stereocenters. The van der Waals surface area contributed by atoms with Crippen LogP contribution in [0.2, 0.25) is 0 Å². The normalized spacial score (nSPS) is 11.7. The standard InChI is InChI=1S/C14H17NO5/c1-9-4-3-5-11(6-9)13(18)15(8-12(16)17)7-10(2)14(19)20/h3-6,10H,7-8H2,1-2H3,(H,16,17)(H,19,20). The third kappa shape index (κ3) is 4.38. The molecule has 2 N–H and O–H groups in total. The maximum absolute atomic E-state index is 12.3. The van der Waals surface area contributed by atoms with Gasteiger partial charge in [0.15, 0.2) is 0 Å². The third-order valence-corrected chi connectivity index (χ3v) is 2.79. The van der Waals surface area contributed by atoms with Crippen molar-refractivity contribution in [2.45, 2.75) is 13.8 Å². The summed E-state index contributed by atoms with van der Waals surface area (Å²) in [4.78, 5) is 35.0. The monoisotopic (exact) mass is 279 g/mol. The number of amides is 1. The van der Waals surface area contributed by atoms with Gasteiger partial charge in [0.05, 0.1) is 5.92 Å². The summed E-state index contributed by atoms with van der Waals surface area (Å²) in [6, 6.07) is 6.73. The first-order valence-corrected chi connectivity index (χ1v) is 6.11. The molecule has 0 saturated heterocycles. The predicted molar refractivity (Wildman–Crippen MR) is 71.5 cm³/mol. The minimum Gasteiger partial charge on any atom is -0.481 e. The molecule has 108 valence electrons. The Labute approximate surface area is 116 Å². The highest BCUT2D eigenvalue weighted by Crippen LogP contribution is 2.10. The van der Waals surface area contributed by atoms with Crippen LogP contribution in [0, 0.1) is 12.8 Å². The molecule has 1 rings (SSSR count). The lowest BCUT2D eigenvalue weighted by molar-refractivity contribution is -0.143. The summed E-state index contributed by atoms with van der Waals surface area (Å²) in [5, 5.41) is 17.7. The molecule has 0 spiro atoms. The van der Waals surface area contributed by atoms with Gasteiger partial charge in [0.25, 0.3) is 5.91 Å². The summed E-state index contributed by atoms with van der Waals surface area (Å²) < 4.78 is 0. The minimum atomic E-state index is -1.18. The molecule has 6 nitrogen and oxygen atoms in total. The van der Waals surface area contributed by atoms with E-state index >= 15 is 0 Å². The molecule has 0 aromatic heterocycles. The molecule has 1 aromatic carbocycles. The largest absolute Gasteiger partial charge is 0.481 e. The van der Waals surface area contributed by atoms with Gasteiger partial charge in [-0.1, -0.05) is 24.6 Å². The Hall–Kier alpha value is -2.37. The molecule has 0 bridgehead atoms. The van der Waals surface area contributed by atoms with Gasteiger partial charge in [-0.05, 0) is 19.1 Å². The van der Waals surface area contributed by atoms with E-state index in [4.69, 9.17) is 10.2 Å². The van der Waals surface area contributed by atoms with E-state index in [1.807, 2.05) is 13.0 Å². The van der Waals surface area contributed by atoms with Crippen molar-refractivity contribution >= 4 is 17.8 Å². The number of hydrogen-bond donors (Lipinski definition) is 2. The fourth-order valence-electron chi connectivity index (χ4n) is 1.75. The molecule has 0 radical (unpaired) electrons. The second kappa shape index (κ2) is 6.70. The number of aryl methyl sites for hydroxylation is 1. The van der Waals surface area contributed by atoms with Gasteiger partial charge in [0, 0.05) is 12.1 Å². The number of hydrogen-bond acceptors (Lipinski definition) is 3. The van der Waals surface area contributed by atoms with Crippen molar-refractivity contribution in [3.63, 3.8) is 0 Å². The van der Waals surface area contributed by atoms with Crippen molar-refractivity contribution in [2.75, 3.05) is 13.1 Å². The van der Waals surface area contributed by atoms with Gasteiger partial charge >= 0.3 is 11.9 Å². The summed E-state index contributed by atoms with van der Waals surface area (Å²) >= 11 is 0. The minimum absolute atomic E-state index is 0.144. The summed E-state index contributed by atoms with van der Waals surface area (Å²) in [5.74, 6) is -3.56. The summed E-state index contributed by atoms with van der Waals surface area (Å²) in [6.45, 7) is 2.58. The van der Waals surface area contributed by atoms with Crippen molar-refractivity contribution in [2.24, 2.45) is 5.92 Å². The first kappa shape index (κ1) is 15.7. The number of rotatable bonds is 6. The van der Waals surface area contributed by atoms with E-state index in [-0.39, 0.29) is 6.54 Å². The van der Waals surface area contributed by atoms with E-state index in [9.17, 15) is 14.4 Å². The van der Waals surface area contributed by atoms with Crippen LogP contribution >= 0.6 is 0 Å². The van der Waals surface area contributed by atoms with Crippen molar-refractivity contribution < 1.29 is 24.6 Å². The highest BCUT2D eigenvalue weighted by Gasteiger charge is 2.23. The first-order chi connectivity index (χ1) is 9.31. The fourth-order valence-corrected chi connectivity index (χ4v) is 1.75. The molecule has 1 unspecified atom stereocenters. The van der Waals surface area contributed by atoms with Gasteiger partial charge in [-0.2, -0.15) is 0 Å². The Morgan fingerprint density at radius 3 is 2.40 bits per heavy atom. The maximum Gasteiger partial charge on any atom is 0.323 e. The molecule has 0 saturated carbocycles. The number of carbonyl (C=O) groups is 3. The average molecular weight is 279 g/mol. The fraction of sp³-hybridized carbons (Fsp3) is 0.357. The lowest BCUT2D eigenvalue weighted by Crippen LogP contribution is -2.40.